The molecule has 0 aromatic heterocycles. The first-order valence-corrected chi connectivity index (χ1v) is 13.0. The molecule has 0 aliphatic heterocycles. The van der Waals surface area contributed by atoms with Gasteiger partial charge >= 0.3 is 0 Å². The van der Waals surface area contributed by atoms with Gasteiger partial charge in [0.25, 0.3) is 0 Å². The second kappa shape index (κ2) is 12.2. The van der Waals surface area contributed by atoms with Gasteiger partial charge in [-0.15, -0.1) is 0 Å². The van der Waals surface area contributed by atoms with Gasteiger partial charge in [-0.3, -0.25) is 9.59 Å². The zero-order chi connectivity index (χ0) is 25.4. The van der Waals surface area contributed by atoms with Crippen LogP contribution >= 0.6 is 0 Å². The second-order valence-corrected chi connectivity index (χ2v) is 10.7. The number of nitrogens with zero attached hydrogens (tertiary/aromatic N) is 1. The van der Waals surface area contributed by atoms with Crippen LogP contribution in [0, 0.1) is 0 Å². The SMILES string of the molecule is CCC(C(=O)NC1CCCC1)N(Cc1cccc(OC)c1)C(=O)CCc1ccc(C(C)(C)C)cc1. The predicted molar refractivity (Wildman–Crippen MR) is 141 cm³/mol. The normalized spacial score (nSPS) is 15.0. The highest BCUT2D eigenvalue weighted by Crippen LogP contribution is 2.24. The fourth-order valence-corrected chi connectivity index (χ4v) is 4.82. The molecule has 0 saturated heterocycles. The Kier molecular flexibility index (Phi) is 9.36. The maximum atomic E-state index is 13.6. The molecule has 2 aromatic carbocycles. The van der Waals surface area contributed by atoms with E-state index in [1.165, 1.54) is 5.56 Å². The fraction of sp³-hybridized carbons (Fsp3) is 0.533. The number of ether oxygens (including phenoxy) is 1. The van der Waals surface area contributed by atoms with Crippen LogP contribution in [0.25, 0.3) is 0 Å². The molecule has 0 radical (unpaired) electrons. The van der Waals surface area contributed by atoms with E-state index in [9.17, 15) is 9.59 Å². The zero-order valence-electron chi connectivity index (χ0n) is 22.1. The van der Waals surface area contributed by atoms with E-state index < -0.39 is 6.04 Å². The van der Waals surface area contributed by atoms with E-state index in [4.69, 9.17) is 4.74 Å². The van der Waals surface area contributed by atoms with E-state index in [1.54, 1.807) is 12.0 Å². The molecule has 35 heavy (non-hydrogen) atoms. The number of carbonyl (C=O) groups is 2. The Hall–Kier alpha value is -2.82. The van der Waals surface area contributed by atoms with Crippen molar-refractivity contribution < 1.29 is 14.3 Å². The van der Waals surface area contributed by atoms with Crippen LogP contribution in [0.5, 0.6) is 5.75 Å². The summed E-state index contributed by atoms with van der Waals surface area (Å²) < 4.78 is 5.38. The maximum Gasteiger partial charge on any atom is 0.243 e. The highest BCUT2D eigenvalue weighted by Gasteiger charge is 2.30. The van der Waals surface area contributed by atoms with Crippen molar-refractivity contribution in [2.45, 2.75) is 96.7 Å². The van der Waals surface area contributed by atoms with Gasteiger partial charge in [-0.05, 0) is 59.9 Å². The third-order valence-corrected chi connectivity index (χ3v) is 7.02. The van der Waals surface area contributed by atoms with Crippen molar-refractivity contribution in [3.8, 4) is 5.75 Å². The Morgan fingerprint density at radius 1 is 1.06 bits per heavy atom. The van der Waals surface area contributed by atoms with Gasteiger partial charge in [0.05, 0.1) is 7.11 Å². The molecular weight excluding hydrogens is 436 g/mol. The molecule has 190 valence electrons. The molecule has 2 amide bonds. The van der Waals surface area contributed by atoms with Crippen molar-refractivity contribution >= 4 is 11.8 Å². The minimum Gasteiger partial charge on any atom is -0.497 e. The van der Waals surface area contributed by atoms with E-state index in [1.807, 2.05) is 31.2 Å². The van der Waals surface area contributed by atoms with Gasteiger partial charge < -0.3 is 15.0 Å². The van der Waals surface area contributed by atoms with Crippen molar-refractivity contribution in [3.05, 3.63) is 65.2 Å². The summed E-state index contributed by atoms with van der Waals surface area (Å²) in [6.07, 6.45) is 5.96. The first-order chi connectivity index (χ1) is 16.7. The summed E-state index contributed by atoms with van der Waals surface area (Å²) in [5.41, 5.74) is 3.47. The Labute approximate surface area is 211 Å². The van der Waals surface area contributed by atoms with Gasteiger partial charge in [-0.25, -0.2) is 0 Å². The third-order valence-electron chi connectivity index (χ3n) is 7.02. The Balaban J connectivity index is 1.75. The number of benzene rings is 2. The highest BCUT2D eigenvalue weighted by molar-refractivity contribution is 5.88. The minimum absolute atomic E-state index is 0.00106. The summed E-state index contributed by atoms with van der Waals surface area (Å²) in [4.78, 5) is 28.6. The third kappa shape index (κ3) is 7.58. The largest absolute Gasteiger partial charge is 0.497 e. The number of nitrogens with one attached hydrogen (secondary N) is 1. The van der Waals surface area contributed by atoms with Crippen LogP contribution in [0.1, 0.15) is 82.9 Å². The van der Waals surface area contributed by atoms with Crippen LogP contribution in [-0.4, -0.2) is 35.9 Å². The second-order valence-electron chi connectivity index (χ2n) is 10.7. The molecule has 1 aliphatic carbocycles. The maximum absolute atomic E-state index is 13.6. The summed E-state index contributed by atoms with van der Waals surface area (Å²) in [5, 5.41) is 3.21. The van der Waals surface area contributed by atoms with Crippen LogP contribution in [0.4, 0.5) is 0 Å². The molecule has 0 spiro atoms. The van der Waals surface area contributed by atoms with Crippen LogP contribution in [0.2, 0.25) is 0 Å². The molecule has 1 N–H and O–H groups in total. The topological polar surface area (TPSA) is 58.6 Å². The van der Waals surface area contributed by atoms with Crippen molar-refractivity contribution in [1.29, 1.82) is 0 Å². The number of methoxy groups -OCH3 is 1. The predicted octanol–water partition coefficient (Wildman–Crippen LogP) is 5.79. The van der Waals surface area contributed by atoms with Gasteiger partial charge in [0.2, 0.25) is 11.8 Å². The Morgan fingerprint density at radius 3 is 2.34 bits per heavy atom. The van der Waals surface area contributed by atoms with Crippen molar-refractivity contribution in [3.63, 3.8) is 0 Å². The number of amides is 2. The number of aryl methyl sites for hydroxylation is 1. The average Bonchev–Trinajstić information content (AvgIpc) is 3.35. The first-order valence-electron chi connectivity index (χ1n) is 13.0. The Bertz CT molecular complexity index is 972. The molecule has 1 fully saturated rings. The summed E-state index contributed by atoms with van der Waals surface area (Å²) in [6.45, 7) is 8.96. The van der Waals surface area contributed by atoms with E-state index in [0.29, 0.717) is 25.8 Å². The van der Waals surface area contributed by atoms with Crippen LogP contribution in [0.3, 0.4) is 0 Å². The minimum atomic E-state index is -0.488. The lowest BCUT2D eigenvalue weighted by Gasteiger charge is -2.31. The lowest BCUT2D eigenvalue weighted by molar-refractivity contribution is -0.141. The molecule has 1 atom stereocenters. The molecule has 0 heterocycles. The van der Waals surface area contributed by atoms with Gasteiger partial charge in [-0.1, -0.05) is 76.9 Å². The molecule has 1 saturated carbocycles. The van der Waals surface area contributed by atoms with Crippen molar-refractivity contribution in [2.24, 2.45) is 0 Å². The molecule has 1 aliphatic rings. The molecule has 5 heteroatoms. The van der Waals surface area contributed by atoms with Gasteiger partial charge in [0.15, 0.2) is 0 Å². The first kappa shape index (κ1) is 26.8. The van der Waals surface area contributed by atoms with Gasteiger partial charge in [0, 0.05) is 19.0 Å². The van der Waals surface area contributed by atoms with Crippen molar-refractivity contribution in [2.75, 3.05) is 7.11 Å². The number of hydrogen-bond acceptors (Lipinski definition) is 3. The lowest BCUT2D eigenvalue weighted by Crippen LogP contribution is -2.51. The smallest absolute Gasteiger partial charge is 0.243 e. The van der Waals surface area contributed by atoms with Crippen LogP contribution < -0.4 is 10.1 Å². The number of rotatable bonds is 10. The van der Waals surface area contributed by atoms with E-state index in [2.05, 4.69) is 50.4 Å². The standard InChI is InChI=1S/C30H42N2O3/c1-6-27(29(34)31-25-11-7-8-12-25)32(21-23-10-9-13-26(20-23)35-5)28(33)19-16-22-14-17-24(18-15-22)30(2,3)4/h9-10,13-15,17-18,20,25,27H,6-8,11-12,16,19,21H2,1-5H3,(H,31,34). The lowest BCUT2D eigenvalue weighted by atomic mass is 9.86. The molecule has 2 aromatic rings. The van der Waals surface area contributed by atoms with E-state index >= 15 is 0 Å². The quantitative estimate of drug-likeness (QED) is 0.470. The molecule has 5 nitrogen and oxygen atoms in total. The van der Waals surface area contributed by atoms with Crippen LogP contribution in [0.15, 0.2) is 48.5 Å². The highest BCUT2D eigenvalue weighted by atomic mass is 16.5. The summed E-state index contributed by atoms with van der Waals surface area (Å²) >= 11 is 0. The Morgan fingerprint density at radius 2 is 1.74 bits per heavy atom. The van der Waals surface area contributed by atoms with Crippen molar-refractivity contribution in [1.82, 2.24) is 10.2 Å². The molecule has 3 rings (SSSR count). The van der Waals surface area contributed by atoms with Crippen LogP contribution in [-0.2, 0) is 28.0 Å². The van der Waals surface area contributed by atoms with E-state index in [0.717, 1.165) is 42.6 Å². The average molecular weight is 479 g/mol. The number of hydrogen-bond donors (Lipinski definition) is 1. The summed E-state index contributed by atoms with van der Waals surface area (Å²) in [6, 6.07) is 16.0. The monoisotopic (exact) mass is 478 g/mol. The van der Waals surface area contributed by atoms with Gasteiger partial charge in [0.1, 0.15) is 11.8 Å². The summed E-state index contributed by atoms with van der Waals surface area (Å²) in [5.74, 6) is 0.712. The molecule has 0 bridgehead atoms. The number of carbonyl (C=O) groups excluding carboxylic acids is 2. The summed E-state index contributed by atoms with van der Waals surface area (Å²) in [7, 11) is 1.64. The van der Waals surface area contributed by atoms with Gasteiger partial charge in [-0.2, -0.15) is 0 Å². The zero-order valence-corrected chi connectivity index (χ0v) is 22.1. The van der Waals surface area contributed by atoms with E-state index in [-0.39, 0.29) is 23.3 Å². The molecular formula is C30H42N2O3. The molecule has 1 unspecified atom stereocenters. The fourth-order valence-electron chi connectivity index (χ4n) is 4.82.